The maximum absolute atomic E-state index is 13.4. The minimum Gasteiger partial charge on any atom is -0.352 e. The lowest BCUT2D eigenvalue weighted by atomic mass is 10.1. The summed E-state index contributed by atoms with van der Waals surface area (Å²) in [6, 6.07) is 10.4. The number of hydrogen-bond donors (Lipinski definition) is 1. The topological polar surface area (TPSA) is 29.1 Å². The predicted molar refractivity (Wildman–Crippen MR) is 73.6 cm³/mol. The van der Waals surface area contributed by atoms with Crippen molar-refractivity contribution in [3.05, 3.63) is 70.8 Å². The number of halogens is 2. The third-order valence-corrected chi connectivity index (χ3v) is 3.10. The Labute approximate surface area is 116 Å². The number of carbonyl (C=O) groups is 1. The zero-order valence-corrected chi connectivity index (χ0v) is 11.1. The normalized spacial score (nSPS) is 10.3. The average molecular weight is 275 g/mol. The Bertz CT molecular complexity index is 626. The van der Waals surface area contributed by atoms with E-state index in [1.165, 1.54) is 30.3 Å². The summed E-state index contributed by atoms with van der Waals surface area (Å²) >= 11 is 0. The van der Waals surface area contributed by atoms with Gasteiger partial charge < -0.3 is 5.32 Å². The highest BCUT2D eigenvalue weighted by atomic mass is 19.1. The van der Waals surface area contributed by atoms with Crippen molar-refractivity contribution in [2.24, 2.45) is 0 Å². The molecule has 2 aromatic rings. The summed E-state index contributed by atoms with van der Waals surface area (Å²) in [5.74, 6) is -1.26. The van der Waals surface area contributed by atoms with Gasteiger partial charge in [-0.15, -0.1) is 0 Å². The van der Waals surface area contributed by atoms with Crippen LogP contribution in [0.1, 0.15) is 21.5 Å². The van der Waals surface area contributed by atoms with Crippen LogP contribution < -0.4 is 5.32 Å². The van der Waals surface area contributed by atoms with Gasteiger partial charge in [0.25, 0.3) is 5.91 Å². The summed E-state index contributed by atoms with van der Waals surface area (Å²) in [6.45, 7) is 2.19. The second kappa shape index (κ2) is 6.28. The molecule has 0 aliphatic rings. The predicted octanol–water partition coefficient (Wildman–Crippen LogP) is 3.25. The minimum absolute atomic E-state index is 0.0309. The van der Waals surface area contributed by atoms with Crippen molar-refractivity contribution >= 4 is 5.91 Å². The van der Waals surface area contributed by atoms with Gasteiger partial charge in [0.05, 0.1) is 5.56 Å². The van der Waals surface area contributed by atoms with Crippen LogP contribution in [-0.4, -0.2) is 12.5 Å². The molecule has 0 saturated heterocycles. The molecular formula is C16H15F2NO. The van der Waals surface area contributed by atoms with Crippen LogP contribution in [0.15, 0.2) is 42.5 Å². The summed E-state index contributed by atoms with van der Waals surface area (Å²) in [5.41, 5.74) is 1.83. The molecule has 0 fully saturated rings. The molecule has 0 bridgehead atoms. The molecule has 0 heterocycles. The van der Waals surface area contributed by atoms with E-state index in [1.54, 1.807) is 12.1 Å². The SMILES string of the molecule is Cc1cc(F)ccc1CCNC(=O)c1ccccc1F. The lowest BCUT2D eigenvalue weighted by Crippen LogP contribution is -2.26. The van der Waals surface area contributed by atoms with Gasteiger partial charge in [0.15, 0.2) is 0 Å². The zero-order chi connectivity index (χ0) is 14.5. The number of hydrogen-bond acceptors (Lipinski definition) is 1. The zero-order valence-electron chi connectivity index (χ0n) is 11.1. The average Bonchev–Trinajstić information content (AvgIpc) is 2.41. The van der Waals surface area contributed by atoms with E-state index >= 15 is 0 Å². The molecule has 0 aliphatic carbocycles. The Morgan fingerprint density at radius 3 is 2.60 bits per heavy atom. The van der Waals surface area contributed by atoms with Crippen LogP contribution in [0.5, 0.6) is 0 Å². The van der Waals surface area contributed by atoms with Crippen LogP contribution in [0.25, 0.3) is 0 Å². The van der Waals surface area contributed by atoms with Crippen molar-refractivity contribution in [2.45, 2.75) is 13.3 Å². The van der Waals surface area contributed by atoms with Gasteiger partial charge in [0.1, 0.15) is 11.6 Å². The first-order valence-corrected chi connectivity index (χ1v) is 6.35. The maximum atomic E-state index is 13.4. The Morgan fingerprint density at radius 1 is 1.15 bits per heavy atom. The van der Waals surface area contributed by atoms with Crippen LogP contribution >= 0.6 is 0 Å². The van der Waals surface area contributed by atoms with Crippen LogP contribution in [-0.2, 0) is 6.42 Å². The van der Waals surface area contributed by atoms with E-state index < -0.39 is 11.7 Å². The van der Waals surface area contributed by atoms with Crippen LogP contribution in [0.4, 0.5) is 8.78 Å². The first-order valence-electron chi connectivity index (χ1n) is 6.35. The van der Waals surface area contributed by atoms with Crippen molar-refractivity contribution in [3.63, 3.8) is 0 Å². The molecule has 2 rings (SSSR count). The largest absolute Gasteiger partial charge is 0.352 e. The fourth-order valence-electron chi connectivity index (χ4n) is 1.99. The second-order valence-electron chi connectivity index (χ2n) is 4.56. The smallest absolute Gasteiger partial charge is 0.254 e. The molecule has 0 saturated carbocycles. The molecule has 0 unspecified atom stereocenters. The number of benzene rings is 2. The summed E-state index contributed by atoms with van der Waals surface area (Å²) < 4.78 is 26.3. The molecular weight excluding hydrogens is 260 g/mol. The van der Waals surface area contributed by atoms with Crippen molar-refractivity contribution in [1.29, 1.82) is 0 Å². The van der Waals surface area contributed by atoms with Crippen molar-refractivity contribution in [3.8, 4) is 0 Å². The monoisotopic (exact) mass is 275 g/mol. The Balaban J connectivity index is 1.93. The third-order valence-electron chi connectivity index (χ3n) is 3.10. The van der Waals surface area contributed by atoms with Crippen LogP contribution in [0, 0.1) is 18.6 Å². The lowest BCUT2D eigenvalue weighted by Gasteiger charge is -2.08. The third kappa shape index (κ3) is 3.41. The molecule has 20 heavy (non-hydrogen) atoms. The molecule has 4 heteroatoms. The fraction of sp³-hybridized carbons (Fsp3) is 0.188. The van der Waals surface area contributed by atoms with E-state index in [4.69, 9.17) is 0 Å². The molecule has 1 amide bonds. The van der Waals surface area contributed by atoms with Gasteiger partial charge in [-0.2, -0.15) is 0 Å². The molecule has 2 aromatic carbocycles. The van der Waals surface area contributed by atoms with E-state index in [0.29, 0.717) is 13.0 Å². The molecule has 0 aliphatic heterocycles. The summed E-state index contributed by atoms with van der Waals surface area (Å²) in [4.78, 5) is 11.8. The van der Waals surface area contributed by atoms with Gasteiger partial charge in [-0.1, -0.05) is 18.2 Å². The standard InChI is InChI=1S/C16H15F2NO/c1-11-10-13(17)7-6-12(11)8-9-19-16(20)14-4-2-3-5-15(14)18/h2-7,10H,8-9H2,1H3,(H,19,20). The van der Waals surface area contributed by atoms with E-state index in [1.807, 2.05) is 6.92 Å². The summed E-state index contributed by atoms with van der Waals surface area (Å²) in [7, 11) is 0. The van der Waals surface area contributed by atoms with Crippen molar-refractivity contribution in [1.82, 2.24) is 5.32 Å². The number of amides is 1. The summed E-state index contributed by atoms with van der Waals surface area (Å²) in [5, 5.41) is 2.66. The van der Waals surface area contributed by atoms with Gasteiger partial charge in [0, 0.05) is 6.54 Å². The van der Waals surface area contributed by atoms with Gasteiger partial charge in [-0.25, -0.2) is 8.78 Å². The van der Waals surface area contributed by atoms with Gasteiger partial charge in [0.2, 0.25) is 0 Å². The van der Waals surface area contributed by atoms with Crippen molar-refractivity contribution < 1.29 is 13.6 Å². The highest BCUT2D eigenvalue weighted by molar-refractivity contribution is 5.94. The maximum Gasteiger partial charge on any atom is 0.254 e. The Kier molecular flexibility index (Phi) is 4.45. The first-order chi connectivity index (χ1) is 9.58. The second-order valence-corrected chi connectivity index (χ2v) is 4.56. The molecule has 0 spiro atoms. The molecule has 2 nitrogen and oxygen atoms in total. The number of nitrogens with one attached hydrogen (secondary N) is 1. The summed E-state index contributed by atoms with van der Waals surface area (Å²) in [6.07, 6.45) is 0.576. The first kappa shape index (κ1) is 14.2. The van der Waals surface area contributed by atoms with Crippen molar-refractivity contribution in [2.75, 3.05) is 6.54 Å². The van der Waals surface area contributed by atoms with Gasteiger partial charge in [-0.05, 0) is 48.7 Å². The van der Waals surface area contributed by atoms with Gasteiger partial charge in [-0.3, -0.25) is 4.79 Å². The van der Waals surface area contributed by atoms with Crippen LogP contribution in [0.2, 0.25) is 0 Å². The minimum atomic E-state index is -0.539. The van der Waals surface area contributed by atoms with Gasteiger partial charge >= 0.3 is 0 Å². The molecule has 0 radical (unpaired) electrons. The Morgan fingerprint density at radius 2 is 1.90 bits per heavy atom. The van der Waals surface area contributed by atoms with E-state index in [-0.39, 0.29) is 11.4 Å². The number of rotatable bonds is 4. The molecule has 104 valence electrons. The Hall–Kier alpha value is -2.23. The van der Waals surface area contributed by atoms with E-state index in [0.717, 1.165) is 11.1 Å². The molecule has 0 aromatic heterocycles. The highest BCUT2D eigenvalue weighted by Crippen LogP contribution is 2.10. The van der Waals surface area contributed by atoms with E-state index in [9.17, 15) is 13.6 Å². The lowest BCUT2D eigenvalue weighted by molar-refractivity contribution is 0.0950. The number of aryl methyl sites for hydroxylation is 1. The van der Waals surface area contributed by atoms with Crippen LogP contribution in [0.3, 0.4) is 0 Å². The molecule has 0 atom stereocenters. The molecule has 1 N–H and O–H groups in total. The highest BCUT2D eigenvalue weighted by Gasteiger charge is 2.10. The quantitative estimate of drug-likeness (QED) is 0.911. The number of carbonyl (C=O) groups excluding carboxylic acids is 1. The van der Waals surface area contributed by atoms with E-state index in [2.05, 4.69) is 5.32 Å². The fourth-order valence-corrected chi connectivity index (χ4v) is 1.99.